The van der Waals surface area contributed by atoms with Gasteiger partial charge in [0, 0.05) is 29.9 Å². The predicted octanol–water partition coefficient (Wildman–Crippen LogP) is 2.62. The second-order valence-electron chi connectivity index (χ2n) is 7.74. The third kappa shape index (κ3) is 2.82. The number of thiophene rings is 1. The monoisotopic (exact) mass is 374 g/mol. The highest BCUT2D eigenvalue weighted by Gasteiger charge is 2.28. The van der Waals surface area contributed by atoms with E-state index >= 15 is 0 Å². The van der Waals surface area contributed by atoms with Crippen LogP contribution in [-0.4, -0.2) is 28.5 Å². The van der Waals surface area contributed by atoms with E-state index in [-0.39, 0.29) is 23.4 Å². The molecule has 1 amide bonds. The number of amides is 1. The molecule has 4 rings (SSSR count). The van der Waals surface area contributed by atoms with Crippen molar-refractivity contribution in [3.8, 4) is 0 Å². The van der Waals surface area contributed by atoms with Gasteiger partial charge in [0.25, 0.3) is 5.56 Å². The van der Waals surface area contributed by atoms with Gasteiger partial charge in [0.1, 0.15) is 4.83 Å². The van der Waals surface area contributed by atoms with Crippen LogP contribution in [0.4, 0.5) is 5.95 Å². The Bertz CT molecular complexity index is 906. The molecule has 2 N–H and O–H groups in total. The summed E-state index contributed by atoms with van der Waals surface area (Å²) in [5.41, 5.74) is 6.79. The maximum atomic E-state index is 13.4. The molecule has 0 unspecified atom stereocenters. The number of aryl methyl sites for hydroxylation is 2. The molecule has 0 spiro atoms. The Morgan fingerprint density at radius 1 is 1.23 bits per heavy atom. The highest BCUT2D eigenvalue weighted by Crippen LogP contribution is 2.35. The first-order chi connectivity index (χ1) is 12.5. The van der Waals surface area contributed by atoms with Gasteiger partial charge in [0.05, 0.1) is 5.39 Å². The Balaban J connectivity index is 1.81. The van der Waals surface area contributed by atoms with Crippen molar-refractivity contribution in [2.45, 2.75) is 58.4 Å². The quantitative estimate of drug-likeness (QED) is 0.895. The highest BCUT2D eigenvalue weighted by atomic mass is 32.1. The molecule has 6 nitrogen and oxygen atoms in total. The van der Waals surface area contributed by atoms with E-state index in [0.29, 0.717) is 13.1 Å². The normalized spacial score (nSPS) is 18.5. The lowest BCUT2D eigenvalue weighted by Crippen LogP contribution is -2.42. The topological polar surface area (TPSA) is 81.2 Å². The average Bonchev–Trinajstić information content (AvgIpc) is 3.00. The van der Waals surface area contributed by atoms with Gasteiger partial charge < -0.3 is 10.6 Å². The van der Waals surface area contributed by atoms with E-state index in [4.69, 9.17) is 10.7 Å². The van der Waals surface area contributed by atoms with E-state index in [2.05, 4.69) is 4.90 Å². The van der Waals surface area contributed by atoms with Gasteiger partial charge in [-0.05, 0) is 57.9 Å². The molecular weight excluding hydrogens is 348 g/mol. The predicted molar refractivity (Wildman–Crippen MR) is 105 cm³/mol. The minimum absolute atomic E-state index is 0.0439. The van der Waals surface area contributed by atoms with Crippen molar-refractivity contribution in [3.05, 3.63) is 20.8 Å². The fourth-order valence-corrected chi connectivity index (χ4v) is 5.51. The lowest BCUT2D eigenvalue weighted by molar-refractivity contribution is -0.122. The lowest BCUT2D eigenvalue weighted by atomic mass is 9.96. The van der Waals surface area contributed by atoms with Crippen LogP contribution >= 0.6 is 11.3 Å². The van der Waals surface area contributed by atoms with Crippen LogP contribution in [0.1, 0.15) is 56.0 Å². The lowest BCUT2D eigenvalue weighted by Gasteiger charge is -2.33. The van der Waals surface area contributed by atoms with E-state index in [1.54, 1.807) is 11.3 Å². The molecule has 1 aliphatic heterocycles. The summed E-state index contributed by atoms with van der Waals surface area (Å²) in [6, 6.07) is 0.0439. The first-order valence-electron chi connectivity index (χ1n) is 9.58. The van der Waals surface area contributed by atoms with Crippen molar-refractivity contribution in [2.24, 2.45) is 11.7 Å². The number of hydrogen-bond donors (Lipinski definition) is 1. The van der Waals surface area contributed by atoms with Gasteiger partial charge in [-0.25, -0.2) is 4.98 Å². The van der Waals surface area contributed by atoms with Crippen molar-refractivity contribution in [1.82, 2.24) is 9.55 Å². The molecule has 3 heterocycles. The maximum Gasteiger partial charge on any atom is 0.264 e. The number of anilines is 1. The number of hydrogen-bond acceptors (Lipinski definition) is 5. The summed E-state index contributed by atoms with van der Waals surface area (Å²) in [7, 11) is 0. The Labute approximate surface area is 157 Å². The van der Waals surface area contributed by atoms with Gasteiger partial charge in [-0.3, -0.25) is 14.2 Å². The number of rotatable bonds is 3. The number of primary amides is 1. The first kappa shape index (κ1) is 17.5. The molecule has 2 aromatic heterocycles. The number of piperidine rings is 1. The van der Waals surface area contributed by atoms with Gasteiger partial charge >= 0.3 is 0 Å². The summed E-state index contributed by atoms with van der Waals surface area (Å²) in [4.78, 5) is 34.1. The fourth-order valence-electron chi connectivity index (χ4n) is 4.26. The van der Waals surface area contributed by atoms with Crippen LogP contribution in [0.5, 0.6) is 0 Å². The summed E-state index contributed by atoms with van der Waals surface area (Å²) in [5, 5.41) is 0.842. The number of carbonyl (C=O) groups excluding carboxylic acids is 1. The van der Waals surface area contributed by atoms with Crippen molar-refractivity contribution in [3.63, 3.8) is 0 Å². The largest absolute Gasteiger partial charge is 0.369 e. The average molecular weight is 375 g/mol. The number of aromatic nitrogens is 2. The first-order valence-corrected chi connectivity index (χ1v) is 10.4. The third-order valence-electron chi connectivity index (χ3n) is 5.70. The second kappa shape index (κ2) is 6.68. The van der Waals surface area contributed by atoms with Crippen LogP contribution in [0.3, 0.4) is 0 Å². The van der Waals surface area contributed by atoms with Crippen molar-refractivity contribution in [1.29, 1.82) is 0 Å². The molecule has 7 heteroatoms. The molecule has 1 saturated heterocycles. The van der Waals surface area contributed by atoms with Crippen LogP contribution in [0.15, 0.2) is 4.79 Å². The molecule has 0 bridgehead atoms. The molecule has 2 aromatic rings. The highest BCUT2D eigenvalue weighted by molar-refractivity contribution is 7.18. The second-order valence-corrected chi connectivity index (χ2v) is 8.82. The minimum Gasteiger partial charge on any atom is -0.369 e. The molecule has 0 atom stereocenters. The van der Waals surface area contributed by atoms with Crippen molar-refractivity contribution in [2.75, 3.05) is 18.0 Å². The molecule has 2 aliphatic rings. The molecule has 0 radical (unpaired) electrons. The minimum atomic E-state index is -0.222. The fraction of sp³-hybridized carbons (Fsp3) is 0.632. The third-order valence-corrected chi connectivity index (χ3v) is 6.88. The van der Waals surface area contributed by atoms with E-state index in [0.717, 1.165) is 48.3 Å². The van der Waals surface area contributed by atoms with Crippen LogP contribution in [0.25, 0.3) is 10.2 Å². The molecule has 1 aliphatic carbocycles. The SMILES string of the molecule is CC(C)n1c(N2CCC(C(N)=O)CC2)nc2sc3c(c2c1=O)CCCC3. The number of fused-ring (bicyclic) bond motifs is 3. The summed E-state index contributed by atoms with van der Waals surface area (Å²) in [6.07, 6.45) is 5.86. The number of nitrogens with zero attached hydrogens (tertiary/aromatic N) is 3. The van der Waals surface area contributed by atoms with Crippen LogP contribution < -0.4 is 16.2 Å². The van der Waals surface area contributed by atoms with E-state index in [9.17, 15) is 9.59 Å². The Kier molecular flexibility index (Phi) is 4.50. The van der Waals surface area contributed by atoms with Crippen LogP contribution in [0.2, 0.25) is 0 Å². The Morgan fingerprint density at radius 2 is 1.92 bits per heavy atom. The smallest absolute Gasteiger partial charge is 0.264 e. The summed E-state index contributed by atoms with van der Waals surface area (Å²) in [5.74, 6) is 0.461. The van der Waals surface area contributed by atoms with Gasteiger partial charge in [-0.1, -0.05) is 0 Å². The molecule has 140 valence electrons. The van der Waals surface area contributed by atoms with E-state index < -0.39 is 0 Å². The molecule has 26 heavy (non-hydrogen) atoms. The van der Waals surface area contributed by atoms with Crippen LogP contribution in [0, 0.1) is 5.92 Å². The van der Waals surface area contributed by atoms with Gasteiger partial charge in [-0.15, -0.1) is 11.3 Å². The number of carbonyl (C=O) groups is 1. The zero-order valence-corrected chi connectivity index (χ0v) is 16.3. The van der Waals surface area contributed by atoms with Gasteiger partial charge in [0.15, 0.2) is 0 Å². The van der Waals surface area contributed by atoms with Crippen molar-refractivity contribution >= 4 is 33.4 Å². The standard InChI is InChI=1S/C19H26N4O2S/c1-11(2)23-18(25)15-13-5-3-4-6-14(13)26-17(15)21-19(23)22-9-7-12(8-10-22)16(20)24/h11-12H,3-10H2,1-2H3,(H2,20,24). The van der Waals surface area contributed by atoms with E-state index in [1.807, 2.05) is 18.4 Å². The zero-order chi connectivity index (χ0) is 18.4. The molecule has 1 fully saturated rings. The summed E-state index contributed by atoms with van der Waals surface area (Å²) in [6.45, 7) is 5.49. The van der Waals surface area contributed by atoms with Crippen molar-refractivity contribution < 1.29 is 4.79 Å². The van der Waals surface area contributed by atoms with Gasteiger partial charge in [-0.2, -0.15) is 0 Å². The maximum absolute atomic E-state index is 13.4. The Hall–Kier alpha value is -1.89. The summed E-state index contributed by atoms with van der Waals surface area (Å²) >= 11 is 1.69. The number of nitrogens with two attached hydrogens (primary N) is 1. The molecule has 0 saturated carbocycles. The Morgan fingerprint density at radius 3 is 2.58 bits per heavy atom. The zero-order valence-electron chi connectivity index (χ0n) is 15.5. The molecule has 0 aromatic carbocycles. The van der Waals surface area contributed by atoms with Gasteiger partial charge in [0.2, 0.25) is 11.9 Å². The van der Waals surface area contributed by atoms with E-state index in [1.165, 1.54) is 16.9 Å². The van der Waals surface area contributed by atoms with Crippen LogP contribution in [-0.2, 0) is 17.6 Å². The molecular formula is C19H26N4O2S. The summed E-state index contributed by atoms with van der Waals surface area (Å²) < 4.78 is 1.84.